The summed E-state index contributed by atoms with van der Waals surface area (Å²) in [6.07, 6.45) is 0. The lowest BCUT2D eigenvalue weighted by atomic mass is 10.7. The van der Waals surface area contributed by atoms with Gasteiger partial charge in [0.05, 0.1) is 19.8 Å². The summed E-state index contributed by atoms with van der Waals surface area (Å²) in [5.41, 5.74) is 0. The second-order valence-electron chi connectivity index (χ2n) is 1.23. The predicted octanol–water partition coefficient (Wildman–Crippen LogP) is -0.583. The summed E-state index contributed by atoms with van der Waals surface area (Å²) in [4.78, 5) is 4.03. The first kappa shape index (κ1) is 8.80. The van der Waals surface area contributed by atoms with Crippen molar-refractivity contribution in [3.05, 3.63) is 0 Å². The first-order chi connectivity index (χ1) is 4.41. The van der Waals surface area contributed by atoms with Gasteiger partial charge < -0.3 is 9.84 Å². The number of ether oxygens (including phenoxy) is 1. The summed E-state index contributed by atoms with van der Waals surface area (Å²) in [5.74, 6) is 0. The highest BCUT2D eigenvalue weighted by molar-refractivity contribution is 4.25. The highest BCUT2D eigenvalue weighted by Gasteiger charge is 1.86. The zero-order chi connectivity index (χ0) is 6.95. The van der Waals surface area contributed by atoms with Crippen LogP contribution in [0.15, 0.2) is 0 Å². The molecule has 0 spiro atoms. The van der Waals surface area contributed by atoms with E-state index in [1.165, 1.54) is 0 Å². The van der Waals surface area contributed by atoms with Crippen molar-refractivity contribution in [2.75, 3.05) is 26.4 Å². The molecule has 0 fully saturated rings. The van der Waals surface area contributed by atoms with Gasteiger partial charge in [0.2, 0.25) is 0 Å². The van der Waals surface area contributed by atoms with Crippen LogP contribution in [0.5, 0.6) is 0 Å². The second kappa shape index (κ2) is 7.80. The Morgan fingerprint density at radius 3 is 2.44 bits per heavy atom. The highest BCUT2D eigenvalue weighted by atomic mass is 17.5. The maximum Gasteiger partial charge on any atom is 0.109 e. The molecule has 0 aromatic carbocycles. The number of aliphatic hydroxyl groups excluding tert-OH is 1. The van der Waals surface area contributed by atoms with Crippen molar-refractivity contribution in [3.8, 4) is 0 Å². The van der Waals surface area contributed by atoms with Gasteiger partial charge in [0.25, 0.3) is 0 Å². The van der Waals surface area contributed by atoms with E-state index in [9.17, 15) is 0 Å². The lowest BCUT2D eigenvalue weighted by Crippen LogP contribution is -2.06. The van der Waals surface area contributed by atoms with Crippen LogP contribution in [0.3, 0.4) is 0 Å². The molecule has 0 rings (SSSR count). The first-order valence-electron chi connectivity index (χ1n) is 2.53. The molecule has 9 heavy (non-hydrogen) atoms. The third-order valence-corrected chi connectivity index (χ3v) is 0.599. The predicted molar refractivity (Wildman–Crippen MR) is 27.6 cm³/mol. The van der Waals surface area contributed by atoms with Crippen molar-refractivity contribution < 1.29 is 25.0 Å². The molecule has 0 saturated carbocycles. The fraction of sp³-hybridized carbons (Fsp3) is 1.00. The number of hydrogen-bond acceptors (Lipinski definition) is 5. The van der Waals surface area contributed by atoms with E-state index in [1.807, 2.05) is 0 Å². The molecule has 0 aliphatic rings. The Hall–Kier alpha value is -0.200. The van der Waals surface area contributed by atoms with Crippen LogP contribution in [0.1, 0.15) is 0 Å². The Balaban J connectivity index is 2.60. The lowest BCUT2D eigenvalue weighted by Gasteiger charge is -1.98. The summed E-state index contributed by atoms with van der Waals surface area (Å²) < 4.78 is 4.72. The van der Waals surface area contributed by atoms with Crippen molar-refractivity contribution in [2.45, 2.75) is 0 Å². The normalized spacial score (nSPS) is 10.0. The third-order valence-electron chi connectivity index (χ3n) is 0.599. The summed E-state index contributed by atoms with van der Waals surface area (Å²) in [6.45, 7) is 0.701. The molecule has 0 aliphatic heterocycles. The minimum absolute atomic E-state index is 0.0139. The van der Waals surface area contributed by atoms with Gasteiger partial charge in [0, 0.05) is 0 Å². The van der Waals surface area contributed by atoms with Crippen LogP contribution in [-0.4, -0.2) is 36.8 Å². The second-order valence-corrected chi connectivity index (χ2v) is 1.23. The van der Waals surface area contributed by atoms with Crippen LogP contribution >= 0.6 is 0 Å². The average molecular weight is 138 g/mol. The van der Waals surface area contributed by atoms with Gasteiger partial charge in [-0.05, 0) is 0 Å². The van der Waals surface area contributed by atoms with Crippen LogP contribution in [0.2, 0.25) is 0 Å². The van der Waals surface area contributed by atoms with E-state index in [-0.39, 0.29) is 19.8 Å². The minimum atomic E-state index is -0.0139. The van der Waals surface area contributed by atoms with Crippen molar-refractivity contribution in [3.63, 3.8) is 0 Å². The molecule has 0 unspecified atom stereocenters. The Bertz CT molecular complexity index is 42.2. The average Bonchev–Trinajstić information content (AvgIpc) is 1.89. The van der Waals surface area contributed by atoms with Crippen LogP contribution < -0.4 is 0 Å². The van der Waals surface area contributed by atoms with E-state index in [1.54, 1.807) is 0 Å². The first-order valence-corrected chi connectivity index (χ1v) is 2.53. The maximum absolute atomic E-state index is 8.18. The quantitative estimate of drug-likeness (QED) is 0.292. The Kier molecular flexibility index (Phi) is 7.63. The molecular weight excluding hydrogens is 128 g/mol. The van der Waals surface area contributed by atoms with Gasteiger partial charge in [0.15, 0.2) is 0 Å². The Labute approximate surface area is 52.6 Å². The summed E-state index contributed by atoms with van der Waals surface area (Å²) in [5, 5.41) is 19.1. The molecule has 0 saturated heterocycles. The van der Waals surface area contributed by atoms with Crippen molar-refractivity contribution >= 4 is 0 Å². The largest absolute Gasteiger partial charge is 0.394 e. The molecule has 0 atom stereocenters. The molecule has 5 heteroatoms. The van der Waals surface area contributed by atoms with E-state index in [2.05, 4.69) is 9.93 Å². The molecule has 0 aliphatic carbocycles. The summed E-state index contributed by atoms with van der Waals surface area (Å²) in [7, 11) is 0. The van der Waals surface area contributed by atoms with Crippen LogP contribution in [0.25, 0.3) is 0 Å². The number of aliphatic hydroxyl groups is 1. The molecule has 0 heterocycles. The van der Waals surface area contributed by atoms with Gasteiger partial charge in [-0.15, -0.1) is 0 Å². The Morgan fingerprint density at radius 1 is 1.11 bits per heavy atom. The van der Waals surface area contributed by atoms with Gasteiger partial charge in [-0.1, -0.05) is 5.04 Å². The smallest absolute Gasteiger partial charge is 0.109 e. The van der Waals surface area contributed by atoms with Crippen LogP contribution in [-0.2, 0) is 14.7 Å². The van der Waals surface area contributed by atoms with Gasteiger partial charge in [-0.3, -0.25) is 0 Å². The topological polar surface area (TPSA) is 68.2 Å². The molecule has 56 valence electrons. The summed E-state index contributed by atoms with van der Waals surface area (Å²) >= 11 is 0. The molecule has 0 bridgehead atoms. The van der Waals surface area contributed by atoms with Crippen LogP contribution in [0, 0.1) is 0 Å². The van der Waals surface area contributed by atoms with Crippen molar-refractivity contribution in [1.82, 2.24) is 0 Å². The molecule has 2 N–H and O–H groups in total. The molecular formula is C4H10O5. The van der Waals surface area contributed by atoms with E-state index >= 15 is 0 Å². The van der Waals surface area contributed by atoms with E-state index < -0.39 is 0 Å². The fourth-order valence-electron chi connectivity index (χ4n) is 0.297. The minimum Gasteiger partial charge on any atom is -0.394 e. The molecule has 5 nitrogen and oxygen atoms in total. The van der Waals surface area contributed by atoms with Gasteiger partial charge in [-0.2, -0.15) is 0 Å². The Morgan fingerprint density at radius 2 is 1.89 bits per heavy atom. The third kappa shape index (κ3) is 7.80. The standard InChI is InChI=1S/C4H10O5/c5-1-2-7-3-4-8-9-6/h5-6H,1-4H2. The monoisotopic (exact) mass is 138 g/mol. The SMILES string of the molecule is OCCOCCOOO. The van der Waals surface area contributed by atoms with Gasteiger partial charge in [0.1, 0.15) is 6.61 Å². The van der Waals surface area contributed by atoms with E-state index in [0.29, 0.717) is 6.61 Å². The van der Waals surface area contributed by atoms with E-state index in [0.717, 1.165) is 0 Å². The highest BCUT2D eigenvalue weighted by Crippen LogP contribution is 1.76. The molecule has 0 aromatic heterocycles. The lowest BCUT2D eigenvalue weighted by molar-refractivity contribution is -0.491. The molecule has 0 amide bonds. The number of rotatable bonds is 6. The number of hydrogen-bond donors (Lipinski definition) is 2. The van der Waals surface area contributed by atoms with Crippen LogP contribution in [0.4, 0.5) is 0 Å². The van der Waals surface area contributed by atoms with E-state index in [4.69, 9.17) is 15.1 Å². The van der Waals surface area contributed by atoms with Crippen molar-refractivity contribution in [2.24, 2.45) is 0 Å². The zero-order valence-electron chi connectivity index (χ0n) is 4.95. The fourth-order valence-corrected chi connectivity index (χ4v) is 0.297. The molecule has 0 radical (unpaired) electrons. The maximum atomic E-state index is 8.18. The van der Waals surface area contributed by atoms with Gasteiger partial charge in [-0.25, -0.2) is 10.1 Å². The molecule has 0 aromatic rings. The summed E-state index contributed by atoms with van der Waals surface area (Å²) in [6, 6.07) is 0. The van der Waals surface area contributed by atoms with Gasteiger partial charge >= 0.3 is 0 Å². The van der Waals surface area contributed by atoms with Crippen molar-refractivity contribution in [1.29, 1.82) is 0 Å². The zero-order valence-corrected chi connectivity index (χ0v) is 4.95.